The van der Waals surface area contributed by atoms with Crippen LogP contribution in [0.15, 0.2) is 101 Å². The molecule has 1 aliphatic heterocycles. The Labute approximate surface area is 204 Å². The number of sulfonamides is 1. The molecule has 0 radical (unpaired) electrons. The van der Waals surface area contributed by atoms with E-state index in [4.69, 9.17) is 4.42 Å². The molecule has 1 atom stereocenters. The van der Waals surface area contributed by atoms with Crippen molar-refractivity contribution in [1.82, 2.24) is 9.88 Å². The fraction of sp³-hybridized carbons (Fsp3) is 0.185. The van der Waals surface area contributed by atoms with Gasteiger partial charge in [0, 0.05) is 30.5 Å². The Hall–Kier alpha value is -3.91. The van der Waals surface area contributed by atoms with Gasteiger partial charge in [-0.05, 0) is 66.9 Å². The van der Waals surface area contributed by atoms with E-state index >= 15 is 0 Å². The predicted octanol–water partition coefficient (Wildman–Crippen LogP) is 4.66. The van der Waals surface area contributed by atoms with E-state index in [-0.39, 0.29) is 23.4 Å². The number of hydrogen-bond acceptors (Lipinski definition) is 5. The summed E-state index contributed by atoms with van der Waals surface area (Å²) in [6.07, 6.45) is 5.59. The fourth-order valence-corrected chi connectivity index (χ4v) is 6.23. The highest BCUT2D eigenvalue weighted by molar-refractivity contribution is 7.92. The van der Waals surface area contributed by atoms with Crippen molar-refractivity contribution < 1.29 is 17.6 Å². The number of hydrogen-bond donors (Lipinski definition) is 0. The van der Waals surface area contributed by atoms with Gasteiger partial charge in [0.05, 0.1) is 23.4 Å². The summed E-state index contributed by atoms with van der Waals surface area (Å²) in [4.78, 5) is 19.4. The third kappa shape index (κ3) is 4.57. The molecule has 2 aromatic carbocycles. The molecule has 0 N–H and O–H groups in total. The van der Waals surface area contributed by atoms with Crippen molar-refractivity contribution in [3.63, 3.8) is 0 Å². The number of carbonyl (C=O) groups excluding carboxylic acids is 1. The summed E-state index contributed by atoms with van der Waals surface area (Å²) < 4.78 is 34.3. The highest BCUT2D eigenvalue weighted by Gasteiger charge is 2.36. The number of rotatable bonds is 7. The molecule has 1 amide bonds. The Morgan fingerprint density at radius 2 is 1.91 bits per heavy atom. The molecule has 0 bridgehead atoms. The summed E-state index contributed by atoms with van der Waals surface area (Å²) in [5.74, 6) is 0.339. The van der Waals surface area contributed by atoms with Crippen LogP contribution in [-0.2, 0) is 29.5 Å². The SMILES string of the molecule is CC1Cc2ccccc2N1S(=O)(=O)c1cccc(C(=O)N(Cc2cccnc2)Cc2ccco2)c1. The normalized spacial score (nSPS) is 15.1. The van der Waals surface area contributed by atoms with Crippen molar-refractivity contribution in [1.29, 1.82) is 0 Å². The minimum atomic E-state index is -3.86. The number of fused-ring (bicyclic) bond motifs is 1. The number of para-hydroxylation sites is 1. The Bertz CT molecular complexity index is 1440. The average Bonchev–Trinajstić information content (AvgIpc) is 3.50. The second kappa shape index (κ2) is 9.38. The minimum Gasteiger partial charge on any atom is -0.467 e. The van der Waals surface area contributed by atoms with Crippen LogP contribution in [0.5, 0.6) is 0 Å². The molecule has 0 saturated heterocycles. The van der Waals surface area contributed by atoms with Crippen LogP contribution in [0.25, 0.3) is 0 Å². The van der Waals surface area contributed by atoms with Gasteiger partial charge in [-0.2, -0.15) is 0 Å². The standard InChI is InChI=1S/C27H25N3O4S/c1-20-15-22-8-2-3-12-26(22)30(20)35(32,33)25-11-4-9-23(16-25)27(31)29(19-24-10-6-14-34-24)18-21-7-5-13-28-17-21/h2-14,16-17,20H,15,18-19H2,1H3. The second-order valence-corrected chi connectivity index (χ2v) is 10.4. The van der Waals surface area contributed by atoms with Crippen LogP contribution in [0.3, 0.4) is 0 Å². The summed E-state index contributed by atoms with van der Waals surface area (Å²) in [6, 6.07) is 20.8. The number of amides is 1. The number of pyridine rings is 1. The van der Waals surface area contributed by atoms with Crippen molar-refractivity contribution in [3.8, 4) is 0 Å². The van der Waals surface area contributed by atoms with Gasteiger partial charge in [-0.15, -0.1) is 0 Å². The minimum absolute atomic E-state index is 0.0891. The van der Waals surface area contributed by atoms with Crippen LogP contribution in [-0.4, -0.2) is 30.3 Å². The van der Waals surface area contributed by atoms with E-state index in [1.807, 2.05) is 43.3 Å². The molecule has 2 aromatic heterocycles. The van der Waals surface area contributed by atoms with E-state index in [9.17, 15) is 13.2 Å². The zero-order valence-corrected chi connectivity index (χ0v) is 20.1. The smallest absolute Gasteiger partial charge is 0.264 e. The lowest BCUT2D eigenvalue weighted by atomic mass is 10.1. The summed E-state index contributed by atoms with van der Waals surface area (Å²) in [5, 5.41) is 0. The lowest BCUT2D eigenvalue weighted by Crippen LogP contribution is -2.36. The summed E-state index contributed by atoms with van der Waals surface area (Å²) in [5.41, 5.74) is 2.84. The molecule has 3 heterocycles. The summed E-state index contributed by atoms with van der Waals surface area (Å²) >= 11 is 0. The first-order chi connectivity index (χ1) is 16.9. The van der Waals surface area contributed by atoms with Gasteiger partial charge in [0.1, 0.15) is 5.76 Å². The number of nitrogens with zero attached hydrogens (tertiary/aromatic N) is 3. The molecule has 1 unspecified atom stereocenters. The molecule has 7 nitrogen and oxygen atoms in total. The first-order valence-electron chi connectivity index (χ1n) is 11.4. The van der Waals surface area contributed by atoms with E-state index in [0.29, 0.717) is 30.0 Å². The molecular formula is C27H25N3O4S. The zero-order chi connectivity index (χ0) is 24.4. The Morgan fingerprint density at radius 3 is 2.69 bits per heavy atom. The Kier molecular flexibility index (Phi) is 6.13. The predicted molar refractivity (Wildman–Crippen MR) is 132 cm³/mol. The maximum Gasteiger partial charge on any atom is 0.264 e. The van der Waals surface area contributed by atoms with Crippen LogP contribution in [0.2, 0.25) is 0 Å². The molecule has 178 valence electrons. The quantitative estimate of drug-likeness (QED) is 0.379. The molecule has 0 aliphatic carbocycles. The van der Waals surface area contributed by atoms with E-state index in [1.165, 1.54) is 16.4 Å². The highest BCUT2D eigenvalue weighted by atomic mass is 32.2. The molecule has 0 fully saturated rings. The van der Waals surface area contributed by atoms with Gasteiger partial charge in [0.15, 0.2) is 0 Å². The van der Waals surface area contributed by atoms with Gasteiger partial charge < -0.3 is 9.32 Å². The molecule has 5 rings (SSSR count). The molecular weight excluding hydrogens is 462 g/mol. The Morgan fingerprint density at radius 1 is 1.06 bits per heavy atom. The molecule has 0 spiro atoms. The van der Waals surface area contributed by atoms with Gasteiger partial charge in [0.2, 0.25) is 0 Å². The number of anilines is 1. The molecule has 4 aromatic rings. The third-order valence-electron chi connectivity index (χ3n) is 6.09. The van der Waals surface area contributed by atoms with Crippen LogP contribution in [0.1, 0.15) is 34.2 Å². The van der Waals surface area contributed by atoms with Crippen LogP contribution >= 0.6 is 0 Å². The first-order valence-corrected chi connectivity index (χ1v) is 12.8. The third-order valence-corrected chi connectivity index (χ3v) is 8.02. The molecule has 8 heteroatoms. The van der Waals surface area contributed by atoms with Crippen molar-refractivity contribution >= 4 is 21.6 Å². The van der Waals surface area contributed by atoms with E-state index in [2.05, 4.69) is 4.98 Å². The van der Waals surface area contributed by atoms with Crippen LogP contribution < -0.4 is 4.31 Å². The Balaban J connectivity index is 1.47. The van der Waals surface area contributed by atoms with Gasteiger partial charge in [-0.3, -0.25) is 14.1 Å². The van der Waals surface area contributed by atoms with Crippen molar-refractivity contribution in [2.75, 3.05) is 4.31 Å². The maximum absolute atomic E-state index is 13.7. The zero-order valence-electron chi connectivity index (χ0n) is 19.2. The van der Waals surface area contributed by atoms with E-state index in [1.54, 1.807) is 47.8 Å². The number of aromatic nitrogens is 1. The second-order valence-electron chi connectivity index (χ2n) is 8.61. The van der Waals surface area contributed by atoms with Crippen molar-refractivity contribution in [2.45, 2.75) is 37.4 Å². The van der Waals surface area contributed by atoms with Crippen molar-refractivity contribution in [2.24, 2.45) is 0 Å². The van der Waals surface area contributed by atoms with Gasteiger partial charge in [-0.25, -0.2) is 8.42 Å². The highest BCUT2D eigenvalue weighted by Crippen LogP contribution is 2.36. The molecule has 0 saturated carbocycles. The monoisotopic (exact) mass is 487 g/mol. The first kappa shape index (κ1) is 22.9. The summed E-state index contributed by atoms with van der Waals surface area (Å²) in [6.45, 7) is 2.45. The average molecular weight is 488 g/mol. The largest absolute Gasteiger partial charge is 0.467 e. The van der Waals surface area contributed by atoms with Gasteiger partial charge in [0.25, 0.3) is 15.9 Å². The van der Waals surface area contributed by atoms with Crippen molar-refractivity contribution in [3.05, 3.63) is 114 Å². The van der Waals surface area contributed by atoms with E-state index in [0.717, 1.165) is 11.1 Å². The molecule has 35 heavy (non-hydrogen) atoms. The van der Waals surface area contributed by atoms with Gasteiger partial charge in [-0.1, -0.05) is 30.3 Å². The summed E-state index contributed by atoms with van der Waals surface area (Å²) in [7, 11) is -3.86. The number of benzene rings is 2. The van der Waals surface area contributed by atoms with Gasteiger partial charge >= 0.3 is 0 Å². The topological polar surface area (TPSA) is 83.7 Å². The van der Waals surface area contributed by atoms with E-state index < -0.39 is 10.0 Å². The lowest BCUT2D eigenvalue weighted by Gasteiger charge is -2.25. The van der Waals surface area contributed by atoms with Crippen LogP contribution in [0.4, 0.5) is 5.69 Å². The number of carbonyl (C=O) groups is 1. The molecule has 1 aliphatic rings. The lowest BCUT2D eigenvalue weighted by molar-refractivity contribution is 0.0717. The number of furan rings is 1. The van der Waals surface area contributed by atoms with Crippen LogP contribution in [0, 0.1) is 0 Å². The fourth-order valence-electron chi connectivity index (χ4n) is 4.49. The maximum atomic E-state index is 13.7.